The van der Waals surface area contributed by atoms with Gasteiger partial charge in [0.2, 0.25) is 11.8 Å². The molecular weight excluding hydrogens is 384 g/mol. The molecule has 2 aromatic rings. The van der Waals surface area contributed by atoms with Gasteiger partial charge in [0.05, 0.1) is 32.4 Å². The summed E-state index contributed by atoms with van der Waals surface area (Å²) in [6.07, 6.45) is 5.25. The van der Waals surface area contributed by atoms with Crippen molar-refractivity contribution in [2.45, 2.75) is 32.4 Å². The summed E-state index contributed by atoms with van der Waals surface area (Å²) in [6.45, 7) is 3.42. The van der Waals surface area contributed by atoms with E-state index >= 15 is 0 Å². The van der Waals surface area contributed by atoms with Crippen LogP contribution in [0.25, 0.3) is 0 Å². The SMILES string of the molecule is O=C(CNC(=O)CNC(=O)c1ccco1)NCc1ccccc1C[NH+]1CCCCC1. The molecule has 0 atom stereocenters. The first-order valence-electron chi connectivity index (χ1n) is 10.4. The molecule has 0 aliphatic carbocycles. The van der Waals surface area contributed by atoms with E-state index in [1.807, 2.05) is 18.2 Å². The highest BCUT2D eigenvalue weighted by Gasteiger charge is 2.16. The molecule has 0 saturated carbocycles. The molecule has 30 heavy (non-hydrogen) atoms. The Morgan fingerprint density at radius 3 is 2.27 bits per heavy atom. The molecule has 2 heterocycles. The van der Waals surface area contributed by atoms with Crippen LogP contribution in [0, 0.1) is 0 Å². The van der Waals surface area contributed by atoms with Gasteiger partial charge in [-0.15, -0.1) is 0 Å². The average molecular weight is 413 g/mol. The largest absolute Gasteiger partial charge is 0.459 e. The van der Waals surface area contributed by atoms with Gasteiger partial charge < -0.3 is 25.3 Å². The summed E-state index contributed by atoms with van der Waals surface area (Å²) in [5.74, 6) is -1.07. The second-order valence-corrected chi connectivity index (χ2v) is 7.47. The Kier molecular flexibility index (Phi) is 8.02. The number of benzene rings is 1. The molecule has 1 aliphatic rings. The normalized spacial score (nSPS) is 14.1. The fourth-order valence-corrected chi connectivity index (χ4v) is 3.55. The van der Waals surface area contributed by atoms with Gasteiger partial charge in [0.15, 0.2) is 5.76 Å². The van der Waals surface area contributed by atoms with E-state index in [0.717, 1.165) is 12.1 Å². The second-order valence-electron chi connectivity index (χ2n) is 7.47. The Morgan fingerprint density at radius 2 is 1.53 bits per heavy atom. The summed E-state index contributed by atoms with van der Waals surface area (Å²) >= 11 is 0. The lowest BCUT2D eigenvalue weighted by molar-refractivity contribution is -0.918. The molecule has 8 nitrogen and oxygen atoms in total. The van der Waals surface area contributed by atoms with Crippen LogP contribution in [-0.4, -0.2) is 43.9 Å². The van der Waals surface area contributed by atoms with E-state index in [-0.39, 0.29) is 24.8 Å². The predicted octanol–water partition coefficient (Wildman–Crippen LogP) is 0.0108. The number of nitrogens with one attached hydrogen (secondary N) is 4. The molecule has 0 radical (unpaired) electrons. The van der Waals surface area contributed by atoms with Crippen molar-refractivity contribution in [3.63, 3.8) is 0 Å². The third-order valence-electron chi connectivity index (χ3n) is 5.20. The molecule has 8 heteroatoms. The number of hydrogen-bond acceptors (Lipinski definition) is 4. The molecule has 4 N–H and O–H groups in total. The minimum absolute atomic E-state index is 0.130. The molecule has 1 aromatic heterocycles. The minimum Gasteiger partial charge on any atom is -0.459 e. The highest BCUT2D eigenvalue weighted by atomic mass is 16.3. The predicted molar refractivity (Wildman–Crippen MR) is 111 cm³/mol. The average Bonchev–Trinajstić information content (AvgIpc) is 3.31. The number of quaternary nitrogens is 1. The summed E-state index contributed by atoms with van der Waals surface area (Å²) in [7, 11) is 0. The molecule has 0 spiro atoms. The molecule has 0 unspecified atom stereocenters. The number of furan rings is 1. The Bertz CT molecular complexity index is 845. The van der Waals surface area contributed by atoms with Crippen molar-refractivity contribution in [2.24, 2.45) is 0 Å². The smallest absolute Gasteiger partial charge is 0.287 e. The minimum atomic E-state index is -0.480. The number of carbonyl (C=O) groups is 3. The molecule has 160 valence electrons. The highest BCUT2D eigenvalue weighted by Crippen LogP contribution is 2.08. The second kappa shape index (κ2) is 11.2. The number of rotatable bonds is 9. The van der Waals surface area contributed by atoms with Gasteiger partial charge in [-0.05, 0) is 37.0 Å². The van der Waals surface area contributed by atoms with E-state index in [1.54, 1.807) is 11.0 Å². The zero-order valence-electron chi connectivity index (χ0n) is 17.0. The van der Waals surface area contributed by atoms with Crippen LogP contribution in [0.3, 0.4) is 0 Å². The first-order chi connectivity index (χ1) is 14.6. The molecule has 1 aromatic carbocycles. The Hall–Kier alpha value is -3.13. The first-order valence-corrected chi connectivity index (χ1v) is 10.4. The summed E-state index contributed by atoms with van der Waals surface area (Å²) in [6, 6.07) is 11.2. The van der Waals surface area contributed by atoms with Crippen LogP contribution in [-0.2, 0) is 22.7 Å². The monoisotopic (exact) mass is 413 g/mol. The lowest BCUT2D eigenvalue weighted by Gasteiger charge is -2.24. The standard InChI is InChI=1S/C22H28N4O4/c27-20(14-24-21(28)15-25-22(29)19-9-6-12-30-19)23-13-17-7-2-3-8-18(17)16-26-10-4-1-5-11-26/h2-3,6-9,12H,1,4-5,10-11,13-16H2,(H,23,27)(H,24,28)(H,25,29)/p+1. The number of hydrogen-bond donors (Lipinski definition) is 4. The van der Waals surface area contributed by atoms with Gasteiger partial charge in [0.25, 0.3) is 5.91 Å². The third kappa shape index (κ3) is 6.73. The van der Waals surface area contributed by atoms with Crippen LogP contribution in [0.1, 0.15) is 40.9 Å². The molecule has 3 amide bonds. The van der Waals surface area contributed by atoms with E-state index in [2.05, 4.69) is 22.0 Å². The lowest BCUT2D eigenvalue weighted by Crippen LogP contribution is -3.11. The fourth-order valence-electron chi connectivity index (χ4n) is 3.55. The van der Waals surface area contributed by atoms with Crippen LogP contribution < -0.4 is 20.9 Å². The number of amides is 3. The number of piperidine rings is 1. The third-order valence-corrected chi connectivity index (χ3v) is 5.20. The zero-order valence-corrected chi connectivity index (χ0v) is 17.0. The summed E-state index contributed by atoms with van der Waals surface area (Å²) < 4.78 is 4.95. The van der Waals surface area contributed by atoms with E-state index in [1.165, 1.54) is 50.2 Å². The summed E-state index contributed by atoms with van der Waals surface area (Å²) in [4.78, 5) is 37.2. The summed E-state index contributed by atoms with van der Waals surface area (Å²) in [5, 5.41) is 7.79. The number of likely N-dealkylation sites (tertiary alicyclic amines) is 1. The Balaban J connectivity index is 1.38. The van der Waals surface area contributed by atoms with Crippen molar-refractivity contribution in [1.82, 2.24) is 16.0 Å². The van der Waals surface area contributed by atoms with Gasteiger partial charge in [-0.3, -0.25) is 14.4 Å². The fraction of sp³-hybridized carbons (Fsp3) is 0.409. The Morgan fingerprint density at radius 1 is 0.833 bits per heavy atom. The van der Waals surface area contributed by atoms with Gasteiger partial charge in [-0.25, -0.2) is 0 Å². The quantitative estimate of drug-likeness (QED) is 0.465. The molecule has 1 aliphatic heterocycles. The summed E-state index contributed by atoms with van der Waals surface area (Å²) in [5.41, 5.74) is 2.35. The maximum absolute atomic E-state index is 12.1. The maximum Gasteiger partial charge on any atom is 0.287 e. The van der Waals surface area contributed by atoms with Crippen molar-refractivity contribution in [2.75, 3.05) is 26.2 Å². The van der Waals surface area contributed by atoms with Crippen molar-refractivity contribution in [3.05, 3.63) is 59.5 Å². The van der Waals surface area contributed by atoms with Crippen molar-refractivity contribution >= 4 is 17.7 Å². The number of carbonyl (C=O) groups excluding carboxylic acids is 3. The van der Waals surface area contributed by atoms with E-state index < -0.39 is 11.8 Å². The van der Waals surface area contributed by atoms with E-state index in [4.69, 9.17) is 4.42 Å². The van der Waals surface area contributed by atoms with Gasteiger partial charge in [-0.1, -0.05) is 24.3 Å². The lowest BCUT2D eigenvalue weighted by atomic mass is 10.0. The maximum atomic E-state index is 12.1. The molecule has 3 rings (SSSR count). The van der Waals surface area contributed by atoms with Crippen LogP contribution >= 0.6 is 0 Å². The van der Waals surface area contributed by atoms with Crippen molar-refractivity contribution < 1.29 is 23.7 Å². The van der Waals surface area contributed by atoms with Crippen molar-refractivity contribution in [1.29, 1.82) is 0 Å². The highest BCUT2D eigenvalue weighted by molar-refractivity contribution is 5.94. The zero-order chi connectivity index (χ0) is 21.2. The molecular formula is C22H29N4O4+. The van der Waals surface area contributed by atoms with Crippen molar-refractivity contribution in [3.8, 4) is 0 Å². The van der Waals surface area contributed by atoms with E-state index in [9.17, 15) is 14.4 Å². The Labute approximate surface area is 176 Å². The van der Waals surface area contributed by atoms with Gasteiger partial charge in [0, 0.05) is 12.1 Å². The van der Waals surface area contributed by atoms with Crippen LogP contribution in [0.4, 0.5) is 0 Å². The van der Waals surface area contributed by atoms with Crippen LogP contribution in [0.2, 0.25) is 0 Å². The van der Waals surface area contributed by atoms with Gasteiger partial charge >= 0.3 is 0 Å². The molecule has 1 fully saturated rings. The van der Waals surface area contributed by atoms with E-state index in [0.29, 0.717) is 6.54 Å². The molecule has 0 bridgehead atoms. The van der Waals surface area contributed by atoms with Gasteiger partial charge in [0.1, 0.15) is 6.54 Å². The van der Waals surface area contributed by atoms with Gasteiger partial charge in [-0.2, -0.15) is 0 Å². The first kappa shape index (κ1) is 21.6. The van der Waals surface area contributed by atoms with Crippen LogP contribution in [0.5, 0.6) is 0 Å². The molecule has 1 saturated heterocycles. The topological polar surface area (TPSA) is 105 Å². The van der Waals surface area contributed by atoms with Crippen LogP contribution in [0.15, 0.2) is 47.1 Å².